The smallest absolute Gasteiger partial charge is 0.337 e. The number of nitrogens with one attached hydrogen (secondary N) is 1. The summed E-state index contributed by atoms with van der Waals surface area (Å²) in [6.07, 6.45) is 0. The van der Waals surface area contributed by atoms with Gasteiger partial charge in [0.05, 0.1) is 31.5 Å². The third-order valence-electron chi connectivity index (χ3n) is 2.65. The highest BCUT2D eigenvalue weighted by Gasteiger charge is 2.24. The molecule has 0 radical (unpaired) electrons. The van der Waals surface area contributed by atoms with Crippen LogP contribution in [0.4, 0.5) is 5.69 Å². The van der Waals surface area contributed by atoms with Crippen LogP contribution in [0.25, 0.3) is 0 Å². The van der Waals surface area contributed by atoms with Gasteiger partial charge in [-0.15, -0.1) is 0 Å². The van der Waals surface area contributed by atoms with Crippen molar-refractivity contribution in [3.63, 3.8) is 0 Å². The van der Waals surface area contributed by atoms with Crippen LogP contribution in [0.3, 0.4) is 0 Å². The first-order chi connectivity index (χ1) is 9.76. The highest BCUT2D eigenvalue weighted by molar-refractivity contribution is 7.93. The number of carbonyl (C=O) groups is 1. The first-order valence-corrected chi connectivity index (χ1v) is 7.22. The molecular formula is C12H14N2O6S. The van der Waals surface area contributed by atoms with Crippen LogP contribution >= 0.6 is 0 Å². The number of carboxylic acids is 1. The number of aromatic carboxylic acids is 1. The van der Waals surface area contributed by atoms with Crippen LogP contribution in [0, 0.1) is 11.3 Å². The van der Waals surface area contributed by atoms with E-state index in [1.807, 2.05) is 0 Å². The van der Waals surface area contributed by atoms with E-state index in [0.717, 1.165) is 6.07 Å². The molecular weight excluding hydrogens is 300 g/mol. The third kappa shape index (κ3) is 3.55. The van der Waals surface area contributed by atoms with Gasteiger partial charge >= 0.3 is 5.97 Å². The molecule has 1 unspecified atom stereocenters. The molecule has 1 rings (SSSR count). The maximum Gasteiger partial charge on any atom is 0.337 e. The molecule has 0 aliphatic heterocycles. The van der Waals surface area contributed by atoms with Crippen molar-refractivity contribution in [3.05, 3.63) is 17.7 Å². The van der Waals surface area contributed by atoms with Crippen LogP contribution in [0.1, 0.15) is 17.3 Å². The van der Waals surface area contributed by atoms with Crippen LogP contribution in [0.2, 0.25) is 0 Å². The molecule has 1 aromatic rings. The van der Waals surface area contributed by atoms with Gasteiger partial charge in [0.15, 0.2) is 16.7 Å². The first kappa shape index (κ1) is 16.6. The van der Waals surface area contributed by atoms with Gasteiger partial charge < -0.3 is 14.6 Å². The summed E-state index contributed by atoms with van der Waals surface area (Å²) in [5, 5.41) is 16.5. The number of hydrogen-bond donors (Lipinski definition) is 2. The van der Waals surface area contributed by atoms with Crippen molar-refractivity contribution in [2.75, 3.05) is 18.9 Å². The summed E-state index contributed by atoms with van der Waals surface area (Å²) in [7, 11) is -1.38. The molecule has 9 heteroatoms. The van der Waals surface area contributed by atoms with Crippen molar-refractivity contribution >= 4 is 21.7 Å². The number of hydrogen-bond acceptors (Lipinski definition) is 6. The van der Waals surface area contributed by atoms with Crippen molar-refractivity contribution in [1.29, 1.82) is 5.26 Å². The lowest BCUT2D eigenvalue weighted by molar-refractivity contribution is 0.0697. The lowest BCUT2D eigenvalue weighted by Crippen LogP contribution is -2.25. The Hall–Kier alpha value is -2.47. The maximum atomic E-state index is 11.9. The van der Waals surface area contributed by atoms with Gasteiger partial charge in [-0.1, -0.05) is 0 Å². The van der Waals surface area contributed by atoms with Crippen molar-refractivity contribution in [2.45, 2.75) is 12.2 Å². The minimum atomic E-state index is -4.03. The average Bonchev–Trinajstić information content (AvgIpc) is 2.44. The van der Waals surface area contributed by atoms with Crippen LogP contribution in [-0.4, -0.2) is 39.0 Å². The summed E-state index contributed by atoms with van der Waals surface area (Å²) in [6.45, 7) is 1.18. The summed E-state index contributed by atoms with van der Waals surface area (Å²) >= 11 is 0. The Bertz CT molecular complexity index is 692. The fourth-order valence-corrected chi connectivity index (χ4v) is 2.24. The molecule has 114 valence electrons. The van der Waals surface area contributed by atoms with Gasteiger partial charge in [-0.05, 0) is 6.92 Å². The quantitative estimate of drug-likeness (QED) is 0.803. The summed E-state index contributed by atoms with van der Waals surface area (Å²) in [5.41, 5.74) is -0.524. The topological polar surface area (TPSA) is 126 Å². The zero-order chi connectivity index (χ0) is 16.2. The second-order valence-electron chi connectivity index (χ2n) is 3.98. The molecule has 0 aliphatic rings. The zero-order valence-electron chi connectivity index (χ0n) is 11.6. The number of benzene rings is 1. The standard InChI is InChI=1S/C12H14N2O6S/c1-7(6-13)21(17,18)14-9-5-11(20-3)10(19-2)4-8(9)12(15)16/h4-5,7,14H,1-3H3,(H,15,16). The van der Waals surface area contributed by atoms with Crippen molar-refractivity contribution in [3.8, 4) is 17.6 Å². The fraction of sp³-hybridized carbons (Fsp3) is 0.333. The molecule has 0 fully saturated rings. The number of rotatable bonds is 6. The number of nitriles is 1. The largest absolute Gasteiger partial charge is 0.493 e. The molecule has 0 spiro atoms. The first-order valence-electron chi connectivity index (χ1n) is 5.67. The Morgan fingerprint density at radius 3 is 2.29 bits per heavy atom. The summed E-state index contributed by atoms with van der Waals surface area (Å²) in [5.74, 6) is -1.05. The van der Waals surface area contributed by atoms with Gasteiger partial charge in [0.25, 0.3) is 0 Å². The van der Waals surface area contributed by atoms with E-state index in [9.17, 15) is 13.2 Å². The summed E-state index contributed by atoms with van der Waals surface area (Å²) in [4.78, 5) is 11.2. The molecule has 0 aliphatic carbocycles. The monoisotopic (exact) mass is 314 g/mol. The molecule has 0 bridgehead atoms. The molecule has 0 saturated carbocycles. The van der Waals surface area contributed by atoms with E-state index in [2.05, 4.69) is 4.72 Å². The number of anilines is 1. The lowest BCUT2D eigenvalue weighted by atomic mass is 10.1. The van der Waals surface area contributed by atoms with Gasteiger partial charge in [0.1, 0.15) is 0 Å². The van der Waals surface area contributed by atoms with Crippen molar-refractivity contribution < 1.29 is 27.8 Å². The molecule has 0 aromatic heterocycles. The van der Waals surface area contributed by atoms with E-state index in [4.69, 9.17) is 19.8 Å². The van der Waals surface area contributed by atoms with Crippen molar-refractivity contribution in [2.24, 2.45) is 0 Å². The van der Waals surface area contributed by atoms with E-state index in [1.165, 1.54) is 27.2 Å². The van der Waals surface area contributed by atoms with Crippen LogP contribution < -0.4 is 14.2 Å². The molecule has 1 aromatic carbocycles. The normalized spacial score (nSPS) is 12.1. The summed E-state index contributed by atoms with van der Waals surface area (Å²) < 4.78 is 35.8. The van der Waals surface area contributed by atoms with E-state index >= 15 is 0 Å². The predicted octanol–water partition coefficient (Wildman–Crippen LogP) is 1.06. The highest BCUT2D eigenvalue weighted by Crippen LogP contribution is 2.34. The third-order valence-corrected chi connectivity index (χ3v) is 4.19. The second kappa shape index (κ2) is 6.32. The van der Waals surface area contributed by atoms with Gasteiger partial charge in [0.2, 0.25) is 10.0 Å². The Morgan fingerprint density at radius 1 is 1.33 bits per heavy atom. The molecule has 0 heterocycles. The van der Waals surface area contributed by atoms with E-state index < -0.39 is 21.2 Å². The molecule has 8 nitrogen and oxygen atoms in total. The molecule has 2 N–H and O–H groups in total. The lowest BCUT2D eigenvalue weighted by Gasteiger charge is -2.15. The number of carboxylic acid groups (broad SMARTS) is 1. The van der Waals surface area contributed by atoms with E-state index in [1.54, 1.807) is 6.07 Å². The van der Waals surface area contributed by atoms with E-state index in [-0.39, 0.29) is 22.7 Å². The number of ether oxygens (including phenoxy) is 2. The SMILES string of the molecule is COc1cc(NS(=O)(=O)C(C)C#N)c(C(=O)O)cc1OC. The number of methoxy groups -OCH3 is 2. The van der Waals surface area contributed by atoms with Crippen molar-refractivity contribution in [1.82, 2.24) is 0 Å². The minimum Gasteiger partial charge on any atom is -0.493 e. The van der Waals surface area contributed by atoms with E-state index in [0.29, 0.717) is 0 Å². The fourth-order valence-electron chi connectivity index (χ4n) is 1.45. The van der Waals surface area contributed by atoms with Gasteiger partial charge in [-0.3, -0.25) is 4.72 Å². The maximum absolute atomic E-state index is 11.9. The van der Waals surface area contributed by atoms with Crippen LogP contribution in [0.5, 0.6) is 11.5 Å². The highest BCUT2D eigenvalue weighted by atomic mass is 32.2. The predicted molar refractivity (Wildman–Crippen MR) is 74.1 cm³/mol. The van der Waals surface area contributed by atoms with Gasteiger partial charge in [0, 0.05) is 12.1 Å². The van der Waals surface area contributed by atoms with Crippen LogP contribution in [0.15, 0.2) is 12.1 Å². The van der Waals surface area contributed by atoms with Gasteiger partial charge in [-0.25, -0.2) is 13.2 Å². The molecule has 0 amide bonds. The molecule has 21 heavy (non-hydrogen) atoms. The number of sulfonamides is 1. The molecule has 0 saturated heterocycles. The zero-order valence-corrected chi connectivity index (χ0v) is 12.4. The average molecular weight is 314 g/mol. The Balaban J connectivity index is 3.42. The Morgan fingerprint density at radius 2 is 1.86 bits per heavy atom. The Kier molecular flexibility index (Phi) is 4.99. The minimum absolute atomic E-state index is 0.145. The molecule has 1 atom stereocenters. The van der Waals surface area contributed by atoms with Gasteiger partial charge in [-0.2, -0.15) is 5.26 Å². The summed E-state index contributed by atoms with van der Waals surface area (Å²) in [6, 6.07) is 3.89. The Labute approximate surface area is 122 Å². The van der Waals surface area contributed by atoms with Crippen LogP contribution in [-0.2, 0) is 10.0 Å². The number of nitrogens with zero attached hydrogens (tertiary/aromatic N) is 1. The second-order valence-corrected chi connectivity index (χ2v) is 5.98.